The summed E-state index contributed by atoms with van der Waals surface area (Å²) in [5, 5.41) is 33.2. The molecule has 182 valence electrons. The highest BCUT2D eigenvalue weighted by atomic mass is 16.5. The molecule has 6 nitrogen and oxygen atoms in total. The molecule has 0 aliphatic carbocycles. The summed E-state index contributed by atoms with van der Waals surface area (Å²) >= 11 is 0. The molecule has 6 rings (SSSR count). The summed E-state index contributed by atoms with van der Waals surface area (Å²) in [6.07, 6.45) is 5.35. The quantitative estimate of drug-likeness (QED) is 0.221. The van der Waals surface area contributed by atoms with Gasteiger partial charge in [0.15, 0.2) is 11.5 Å². The zero-order valence-electron chi connectivity index (χ0n) is 20.4. The minimum atomic E-state index is 0.386. The summed E-state index contributed by atoms with van der Waals surface area (Å²) in [6.45, 7) is 0. The normalized spacial score (nSPS) is 10.5. The molecule has 6 aromatic rings. The van der Waals surface area contributed by atoms with Gasteiger partial charge in [0.25, 0.3) is 18.8 Å². The molecule has 0 fully saturated rings. The van der Waals surface area contributed by atoms with Crippen LogP contribution >= 0.6 is 0 Å². The van der Waals surface area contributed by atoms with Crippen LogP contribution in [0.15, 0.2) is 103 Å². The summed E-state index contributed by atoms with van der Waals surface area (Å²) < 4.78 is 16.0. The van der Waals surface area contributed by atoms with Crippen LogP contribution in [0.1, 0.15) is 0 Å². The maximum Gasteiger partial charge on any atom is 0.292 e. The van der Waals surface area contributed by atoms with E-state index in [1.807, 2.05) is 91.2 Å². The first-order valence-electron chi connectivity index (χ1n) is 12.0. The summed E-state index contributed by atoms with van der Waals surface area (Å²) in [5.74, 6) is 1.23. The molecule has 0 aliphatic heterocycles. The fourth-order valence-electron chi connectivity index (χ4n) is 5.22. The van der Waals surface area contributed by atoms with Gasteiger partial charge in [-0.2, -0.15) is 0 Å². The summed E-state index contributed by atoms with van der Waals surface area (Å²) in [6, 6.07) is 32.6. The Morgan fingerprint density at radius 1 is 0.462 bits per heavy atom. The van der Waals surface area contributed by atoms with Gasteiger partial charge in [0, 0.05) is 10.9 Å². The first-order valence-corrected chi connectivity index (χ1v) is 12.0. The van der Waals surface area contributed by atoms with Crippen molar-refractivity contribution in [1.29, 1.82) is 15.8 Å². The third-order valence-electron chi connectivity index (χ3n) is 6.78. The first kappa shape index (κ1) is 23.4. The lowest BCUT2D eigenvalue weighted by atomic mass is 9.88. The monoisotopic (exact) mass is 503 g/mol. The number of benzene rings is 6. The van der Waals surface area contributed by atoms with Gasteiger partial charge in [0.1, 0.15) is 5.75 Å². The van der Waals surface area contributed by atoms with Crippen LogP contribution in [0.3, 0.4) is 0 Å². The molecule has 0 amide bonds. The molecule has 0 radical (unpaired) electrons. The molecule has 0 aromatic heterocycles. The molecule has 0 saturated carbocycles. The average molecular weight is 504 g/mol. The number of ether oxygens (including phenoxy) is 3. The number of fused-ring (bicyclic) bond motifs is 3. The predicted molar refractivity (Wildman–Crippen MR) is 149 cm³/mol. The molecule has 0 bridgehead atoms. The zero-order valence-corrected chi connectivity index (χ0v) is 20.4. The van der Waals surface area contributed by atoms with Crippen molar-refractivity contribution in [3.05, 3.63) is 103 Å². The highest BCUT2D eigenvalue weighted by Crippen LogP contribution is 2.46. The fourth-order valence-corrected chi connectivity index (χ4v) is 5.22. The SMILES string of the molecule is N#COc1ccc2cccc(-c3ccc(-c4c(OC#N)ccc5ccccc45)c4c(OC#N)cccc34)c2c1. The van der Waals surface area contributed by atoms with Crippen molar-refractivity contribution >= 4 is 32.3 Å². The predicted octanol–water partition coefficient (Wildman–Crippen LogP) is 8.06. The van der Waals surface area contributed by atoms with E-state index in [1.165, 1.54) is 0 Å². The van der Waals surface area contributed by atoms with Crippen molar-refractivity contribution in [2.75, 3.05) is 0 Å². The largest absolute Gasteiger partial charge is 0.388 e. The molecule has 6 heteroatoms. The molecule has 0 atom stereocenters. The van der Waals surface area contributed by atoms with Crippen molar-refractivity contribution < 1.29 is 14.2 Å². The van der Waals surface area contributed by atoms with E-state index in [2.05, 4.69) is 0 Å². The Hall–Kier alpha value is -6.03. The van der Waals surface area contributed by atoms with E-state index in [0.717, 1.165) is 49.2 Å². The van der Waals surface area contributed by atoms with Gasteiger partial charge in [-0.1, -0.05) is 78.9 Å². The van der Waals surface area contributed by atoms with E-state index < -0.39 is 0 Å². The maximum atomic E-state index is 9.48. The maximum absolute atomic E-state index is 9.48. The minimum Gasteiger partial charge on any atom is -0.388 e. The smallest absolute Gasteiger partial charge is 0.292 e. The van der Waals surface area contributed by atoms with E-state index in [4.69, 9.17) is 19.5 Å². The summed E-state index contributed by atoms with van der Waals surface area (Å²) in [5.41, 5.74) is 3.31. The zero-order chi connectivity index (χ0) is 26.8. The van der Waals surface area contributed by atoms with Gasteiger partial charge in [-0.25, -0.2) is 0 Å². The van der Waals surface area contributed by atoms with Crippen LogP contribution in [0, 0.1) is 34.6 Å². The first-order chi connectivity index (χ1) is 19.2. The van der Waals surface area contributed by atoms with Crippen molar-refractivity contribution in [3.8, 4) is 58.3 Å². The molecule has 0 saturated heterocycles. The minimum absolute atomic E-state index is 0.386. The van der Waals surface area contributed by atoms with Crippen molar-refractivity contribution in [2.45, 2.75) is 0 Å². The van der Waals surface area contributed by atoms with Crippen LogP contribution in [0.2, 0.25) is 0 Å². The van der Waals surface area contributed by atoms with Gasteiger partial charge in [-0.05, 0) is 67.9 Å². The van der Waals surface area contributed by atoms with Crippen molar-refractivity contribution in [1.82, 2.24) is 0 Å². The van der Waals surface area contributed by atoms with Crippen molar-refractivity contribution in [2.24, 2.45) is 0 Å². The van der Waals surface area contributed by atoms with Crippen LogP contribution < -0.4 is 14.2 Å². The van der Waals surface area contributed by atoms with Gasteiger partial charge < -0.3 is 14.2 Å². The average Bonchev–Trinajstić information content (AvgIpc) is 2.97. The molecule has 0 N–H and O–H groups in total. The molecule has 0 unspecified atom stereocenters. The van der Waals surface area contributed by atoms with Gasteiger partial charge in [-0.15, -0.1) is 15.8 Å². The lowest BCUT2D eigenvalue weighted by Gasteiger charge is -2.18. The molecule has 0 aliphatic rings. The standard InChI is InChI=1S/C33H17N3O3/c34-18-37-23-13-11-22-6-3-8-25(29(22)17-23)26-14-15-28(33-27(26)9-4-10-30(33)38-19-35)32-24-7-2-1-5-21(24)12-16-31(32)39-20-36/h1-17H. The number of hydrogen-bond donors (Lipinski definition) is 0. The molecule has 39 heavy (non-hydrogen) atoms. The van der Waals surface area contributed by atoms with Gasteiger partial charge in [0.05, 0.1) is 0 Å². The van der Waals surface area contributed by atoms with Crippen LogP contribution in [-0.4, -0.2) is 0 Å². The number of hydrogen-bond acceptors (Lipinski definition) is 6. The Balaban J connectivity index is 1.72. The molecule has 0 spiro atoms. The Bertz CT molecular complexity index is 2050. The second kappa shape index (κ2) is 9.79. The number of rotatable bonds is 5. The van der Waals surface area contributed by atoms with Gasteiger partial charge in [-0.3, -0.25) is 0 Å². The Labute approximate surface area is 223 Å². The highest BCUT2D eigenvalue weighted by Gasteiger charge is 2.20. The second-order valence-electron chi connectivity index (χ2n) is 8.77. The molecule has 0 heterocycles. The summed E-state index contributed by atoms with van der Waals surface area (Å²) in [4.78, 5) is 0. The lowest BCUT2D eigenvalue weighted by molar-refractivity contribution is 0.508. The van der Waals surface area contributed by atoms with Crippen LogP contribution in [0.25, 0.3) is 54.6 Å². The van der Waals surface area contributed by atoms with E-state index in [1.54, 1.807) is 30.7 Å². The van der Waals surface area contributed by atoms with E-state index in [0.29, 0.717) is 22.6 Å². The highest BCUT2D eigenvalue weighted by molar-refractivity contribution is 6.15. The van der Waals surface area contributed by atoms with Crippen LogP contribution in [0.5, 0.6) is 17.2 Å². The molecular weight excluding hydrogens is 486 g/mol. The molecular formula is C33H17N3O3. The fraction of sp³-hybridized carbons (Fsp3) is 0. The Kier molecular flexibility index (Phi) is 5.87. The van der Waals surface area contributed by atoms with Gasteiger partial charge >= 0.3 is 0 Å². The van der Waals surface area contributed by atoms with Crippen LogP contribution in [-0.2, 0) is 0 Å². The van der Waals surface area contributed by atoms with Gasteiger partial charge in [0.2, 0.25) is 0 Å². The third-order valence-corrected chi connectivity index (χ3v) is 6.78. The second-order valence-corrected chi connectivity index (χ2v) is 8.77. The van der Waals surface area contributed by atoms with E-state index >= 15 is 0 Å². The van der Waals surface area contributed by atoms with E-state index in [9.17, 15) is 10.5 Å². The summed E-state index contributed by atoms with van der Waals surface area (Å²) in [7, 11) is 0. The lowest BCUT2D eigenvalue weighted by Crippen LogP contribution is -1.94. The molecule has 6 aromatic carbocycles. The third kappa shape index (κ3) is 3.98. The Morgan fingerprint density at radius 3 is 1.95 bits per heavy atom. The van der Waals surface area contributed by atoms with Crippen LogP contribution in [0.4, 0.5) is 0 Å². The van der Waals surface area contributed by atoms with Crippen molar-refractivity contribution in [3.63, 3.8) is 0 Å². The van der Waals surface area contributed by atoms with E-state index in [-0.39, 0.29) is 0 Å². The topological polar surface area (TPSA) is 99.1 Å². The number of nitriles is 3. The number of nitrogens with zero attached hydrogens (tertiary/aromatic N) is 3. The Morgan fingerprint density at radius 2 is 1.10 bits per heavy atom.